The highest BCUT2D eigenvalue weighted by Crippen LogP contribution is 2.31. The number of nitrogens with two attached hydrogens (primary N) is 1. The third kappa shape index (κ3) is 2.64. The van der Waals surface area contributed by atoms with Gasteiger partial charge in [-0.3, -0.25) is 0 Å². The summed E-state index contributed by atoms with van der Waals surface area (Å²) in [6.07, 6.45) is 0. The summed E-state index contributed by atoms with van der Waals surface area (Å²) in [5, 5.41) is 0.520. The second-order valence-electron chi connectivity index (χ2n) is 3.81. The summed E-state index contributed by atoms with van der Waals surface area (Å²) in [5.41, 5.74) is 6.88. The molecule has 2 aromatic rings. The molecule has 0 saturated carbocycles. The summed E-state index contributed by atoms with van der Waals surface area (Å²) >= 11 is 11.9. The van der Waals surface area contributed by atoms with Gasteiger partial charge >= 0.3 is 0 Å². The Bertz CT molecular complexity index is 587. The standard InChI is InChI=1S/C13H9Cl2F2N/c14-11-4-2-7(16)5-10(11)13(18)9-3-1-8(17)6-12(9)15/h1-6,13H,18H2. The highest BCUT2D eigenvalue weighted by Gasteiger charge is 2.16. The van der Waals surface area contributed by atoms with E-state index in [0.29, 0.717) is 16.1 Å². The molecule has 0 bridgehead atoms. The Kier molecular flexibility index (Phi) is 3.85. The molecule has 1 unspecified atom stereocenters. The van der Waals surface area contributed by atoms with Crippen molar-refractivity contribution in [2.24, 2.45) is 5.73 Å². The zero-order valence-corrected chi connectivity index (χ0v) is 10.6. The summed E-state index contributed by atoms with van der Waals surface area (Å²) in [6, 6.07) is 7.06. The second-order valence-corrected chi connectivity index (χ2v) is 4.62. The van der Waals surface area contributed by atoms with Crippen LogP contribution >= 0.6 is 23.2 Å². The van der Waals surface area contributed by atoms with Gasteiger partial charge in [0.15, 0.2) is 0 Å². The van der Waals surface area contributed by atoms with E-state index < -0.39 is 17.7 Å². The van der Waals surface area contributed by atoms with Crippen LogP contribution in [0.15, 0.2) is 36.4 Å². The normalized spacial score (nSPS) is 12.5. The van der Waals surface area contributed by atoms with Crippen LogP contribution in [0, 0.1) is 11.6 Å². The third-order valence-electron chi connectivity index (χ3n) is 2.59. The Morgan fingerprint density at radius 1 is 0.833 bits per heavy atom. The maximum Gasteiger partial charge on any atom is 0.124 e. The molecule has 0 aliphatic carbocycles. The van der Waals surface area contributed by atoms with E-state index in [1.165, 1.54) is 30.3 Å². The number of hydrogen-bond acceptors (Lipinski definition) is 1. The average molecular weight is 288 g/mol. The Morgan fingerprint density at radius 3 is 2.11 bits per heavy atom. The molecule has 2 rings (SSSR count). The van der Waals surface area contributed by atoms with Crippen molar-refractivity contribution in [2.75, 3.05) is 0 Å². The Labute approximate surface area is 113 Å². The van der Waals surface area contributed by atoms with Gasteiger partial charge in [-0.1, -0.05) is 29.3 Å². The maximum atomic E-state index is 13.2. The topological polar surface area (TPSA) is 26.0 Å². The first-order chi connectivity index (χ1) is 8.49. The molecule has 1 nitrogen and oxygen atoms in total. The van der Waals surface area contributed by atoms with Crippen molar-refractivity contribution in [2.45, 2.75) is 6.04 Å². The van der Waals surface area contributed by atoms with E-state index in [9.17, 15) is 8.78 Å². The van der Waals surface area contributed by atoms with Crippen molar-refractivity contribution in [3.8, 4) is 0 Å². The van der Waals surface area contributed by atoms with Gasteiger partial charge in [0.2, 0.25) is 0 Å². The monoisotopic (exact) mass is 287 g/mol. The largest absolute Gasteiger partial charge is 0.320 e. The molecule has 2 N–H and O–H groups in total. The van der Waals surface area contributed by atoms with Crippen LogP contribution < -0.4 is 5.73 Å². The third-order valence-corrected chi connectivity index (χ3v) is 3.26. The number of benzene rings is 2. The highest BCUT2D eigenvalue weighted by molar-refractivity contribution is 6.32. The SMILES string of the molecule is NC(c1ccc(F)cc1Cl)c1cc(F)ccc1Cl. The molecule has 18 heavy (non-hydrogen) atoms. The molecule has 0 aliphatic rings. The molecule has 1 atom stereocenters. The van der Waals surface area contributed by atoms with Crippen LogP contribution in [0.5, 0.6) is 0 Å². The Hall–Kier alpha value is -1.16. The zero-order chi connectivity index (χ0) is 13.3. The van der Waals surface area contributed by atoms with E-state index >= 15 is 0 Å². The van der Waals surface area contributed by atoms with Crippen LogP contribution in [-0.4, -0.2) is 0 Å². The lowest BCUT2D eigenvalue weighted by Crippen LogP contribution is -2.13. The molecule has 0 fully saturated rings. The van der Waals surface area contributed by atoms with Gasteiger partial charge in [0, 0.05) is 10.0 Å². The van der Waals surface area contributed by atoms with E-state index in [1.54, 1.807) is 0 Å². The molecular weight excluding hydrogens is 279 g/mol. The van der Waals surface area contributed by atoms with Gasteiger partial charge in [0.1, 0.15) is 11.6 Å². The fraction of sp³-hybridized carbons (Fsp3) is 0.0769. The van der Waals surface area contributed by atoms with Crippen molar-refractivity contribution < 1.29 is 8.78 Å². The minimum absolute atomic E-state index is 0.183. The van der Waals surface area contributed by atoms with Crippen LogP contribution in [0.3, 0.4) is 0 Å². The van der Waals surface area contributed by atoms with Crippen molar-refractivity contribution in [1.82, 2.24) is 0 Å². The number of hydrogen-bond donors (Lipinski definition) is 1. The van der Waals surface area contributed by atoms with Gasteiger partial charge in [-0.15, -0.1) is 0 Å². The fourth-order valence-electron chi connectivity index (χ4n) is 1.67. The van der Waals surface area contributed by atoms with Crippen molar-refractivity contribution in [1.29, 1.82) is 0 Å². The average Bonchev–Trinajstić information content (AvgIpc) is 2.31. The van der Waals surface area contributed by atoms with Crippen molar-refractivity contribution >= 4 is 23.2 Å². The van der Waals surface area contributed by atoms with Gasteiger partial charge in [-0.2, -0.15) is 0 Å². The van der Waals surface area contributed by atoms with Gasteiger partial charge in [0.05, 0.1) is 6.04 Å². The van der Waals surface area contributed by atoms with Crippen LogP contribution in [0.4, 0.5) is 8.78 Å². The lowest BCUT2D eigenvalue weighted by atomic mass is 9.99. The zero-order valence-electron chi connectivity index (χ0n) is 9.13. The molecule has 0 aromatic heterocycles. The molecule has 0 heterocycles. The highest BCUT2D eigenvalue weighted by atomic mass is 35.5. The summed E-state index contributed by atoms with van der Waals surface area (Å²) in [7, 11) is 0. The fourth-order valence-corrected chi connectivity index (χ4v) is 2.19. The first-order valence-corrected chi connectivity index (χ1v) is 5.90. The Balaban J connectivity index is 2.47. The predicted octanol–water partition coefficient (Wildman–Crippen LogP) is 4.32. The first-order valence-electron chi connectivity index (χ1n) is 5.14. The van der Waals surface area contributed by atoms with Gasteiger partial charge in [-0.25, -0.2) is 8.78 Å². The number of halogens is 4. The minimum Gasteiger partial charge on any atom is -0.320 e. The summed E-state index contributed by atoms with van der Waals surface area (Å²) in [4.78, 5) is 0. The molecule has 0 aliphatic heterocycles. The summed E-state index contributed by atoms with van der Waals surface area (Å²) in [6.45, 7) is 0. The lowest BCUT2D eigenvalue weighted by molar-refractivity contribution is 0.621. The lowest BCUT2D eigenvalue weighted by Gasteiger charge is -2.15. The summed E-state index contributed by atoms with van der Waals surface area (Å²) < 4.78 is 26.1. The van der Waals surface area contributed by atoms with Crippen LogP contribution in [0.1, 0.15) is 17.2 Å². The van der Waals surface area contributed by atoms with Crippen LogP contribution in [0.25, 0.3) is 0 Å². The maximum absolute atomic E-state index is 13.2. The van der Waals surface area contributed by atoms with Crippen LogP contribution in [-0.2, 0) is 0 Å². The van der Waals surface area contributed by atoms with E-state index in [4.69, 9.17) is 28.9 Å². The first kappa shape index (κ1) is 13.3. The van der Waals surface area contributed by atoms with Crippen molar-refractivity contribution in [3.63, 3.8) is 0 Å². The molecule has 5 heteroatoms. The summed E-state index contributed by atoms with van der Waals surface area (Å²) in [5.74, 6) is -0.899. The molecule has 0 radical (unpaired) electrons. The van der Waals surface area contributed by atoms with Gasteiger partial charge in [-0.05, 0) is 41.5 Å². The smallest absolute Gasteiger partial charge is 0.124 e. The molecule has 0 amide bonds. The van der Waals surface area contributed by atoms with Crippen LogP contribution in [0.2, 0.25) is 10.0 Å². The predicted molar refractivity (Wildman–Crippen MR) is 68.9 cm³/mol. The molecule has 0 saturated heterocycles. The van der Waals surface area contributed by atoms with E-state index in [0.717, 1.165) is 6.07 Å². The molecule has 94 valence electrons. The number of rotatable bonds is 2. The second kappa shape index (κ2) is 5.22. The van der Waals surface area contributed by atoms with Crippen molar-refractivity contribution in [3.05, 3.63) is 69.2 Å². The van der Waals surface area contributed by atoms with Gasteiger partial charge in [0.25, 0.3) is 0 Å². The molecular formula is C13H9Cl2F2N. The molecule has 0 spiro atoms. The van der Waals surface area contributed by atoms with E-state index in [1.807, 2.05) is 0 Å². The minimum atomic E-state index is -0.707. The van der Waals surface area contributed by atoms with E-state index in [-0.39, 0.29) is 5.02 Å². The molecule has 2 aromatic carbocycles. The van der Waals surface area contributed by atoms with E-state index in [2.05, 4.69) is 0 Å². The van der Waals surface area contributed by atoms with Gasteiger partial charge < -0.3 is 5.73 Å². The quantitative estimate of drug-likeness (QED) is 0.875. The Morgan fingerprint density at radius 2 is 1.44 bits per heavy atom.